The van der Waals surface area contributed by atoms with E-state index >= 15 is 0 Å². The van der Waals surface area contributed by atoms with Gasteiger partial charge in [-0.2, -0.15) is 10.2 Å². The molecule has 1 atom stereocenters. The molecule has 49 heavy (non-hydrogen) atoms. The van der Waals surface area contributed by atoms with E-state index in [1.807, 2.05) is 24.3 Å². The summed E-state index contributed by atoms with van der Waals surface area (Å²) in [5.41, 5.74) is 1.80. The van der Waals surface area contributed by atoms with Gasteiger partial charge in [-0.3, -0.25) is 4.79 Å². The maximum Gasteiger partial charge on any atom is 0.328 e. The normalized spacial score (nSPS) is 12.3. The highest BCUT2D eigenvalue weighted by atomic mass is 16.5. The molecule has 0 aliphatic carbocycles. The number of benzene rings is 2. The van der Waals surface area contributed by atoms with E-state index in [-0.39, 0.29) is 5.91 Å². The Morgan fingerprint density at radius 3 is 1.59 bits per heavy atom. The van der Waals surface area contributed by atoms with Crippen molar-refractivity contribution in [2.45, 2.75) is 135 Å². The number of carbonyl (C=O) groups is 2. The van der Waals surface area contributed by atoms with Gasteiger partial charge in [-0.15, -0.1) is 0 Å². The summed E-state index contributed by atoms with van der Waals surface area (Å²) >= 11 is 0. The van der Waals surface area contributed by atoms with Gasteiger partial charge in [-0.1, -0.05) is 96.8 Å². The summed E-state index contributed by atoms with van der Waals surface area (Å²) in [5, 5.41) is 11.3. The molecule has 1 N–H and O–H groups in total. The van der Waals surface area contributed by atoms with Gasteiger partial charge in [0.05, 0.1) is 52.3 Å². The number of azo groups is 1. The molecule has 0 aliphatic heterocycles. The number of unbranched alkanes of at least 4 members (excludes halogenated alkanes) is 16. The minimum absolute atomic E-state index is 0.330. The molecule has 2 rings (SSSR count). The highest BCUT2D eigenvalue weighted by molar-refractivity contribution is 5.96. The third kappa shape index (κ3) is 21.4. The second-order valence-electron chi connectivity index (χ2n) is 14.5. The lowest BCUT2D eigenvalue weighted by Gasteiger charge is -2.23. The van der Waals surface area contributed by atoms with Crippen molar-refractivity contribution in [2.75, 3.05) is 40.9 Å². The number of hydrogen-bond acceptors (Lipinski definition) is 6. The lowest BCUT2D eigenvalue weighted by molar-refractivity contribution is -0.870. The van der Waals surface area contributed by atoms with Crippen molar-refractivity contribution in [3.05, 3.63) is 54.1 Å². The van der Waals surface area contributed by atoms with Gasteiger partial charge in [0.15, 0.2) is 0 Å². The van der Waals surface area contributed by atoms with E-state index in [2.05, 4.69) is 43.6 Å². The monoisotopic (exact) mass is 680 g/mol. The van der Waals surface area contributed by atoms with E-state index in [4.69, 9.17) is 9.47 Å². The summed E-state index contributed by atoms with van der Waals surface area (Å²) in [6, 6.07) is 13.7. The van der Waals surface area contributed by atoms with Gasteiger partial charge in [0.25, 0.3) is 5.91 Å². The van der Waals surface area contributed by atoms with E-state index in [9.17, 15) is 9.59 Å². The van der Waals surface area contributed by atoms with Crippen molar-refractivity contribution in [3.8, 4) is 5.75 Å². The second kappa shape index (κ2) is 25.7. The molecule has 2 aromatic rings. The molecule has 2 aromatic carbocycles. The van der Waals surface area contributed by atoms with E-state index < -0.39 is 12.0 Å². The predicted octanol–water partition coefficient (Wildman–Crippen LogP) is 10.9. The number of nitrogens with one attached hydrogen (secondary N) is 1. The zero-order valence-electron chi connectivity index (χ0n) is 31.5. The van der Waals surface area contributed by atoms with Crippen LogP contribution in [0.3, 0.4) is 0 Å². The third-order valence-corrected chi connectivity index (χ3v) is 8.68. The summed E-state index contributed by atoms with van der Waals surface area (Å²) in [6.07, 6.45) is 22.5. The minimum atomic E-state index is -0.718. The Hall–Kier alpha value is -3.26. The molecule has 1 amide bonds. The minimum Gasteiger partial charge on any atom is -0.494 e. The van der Waals surface area contributed by atoms with Gasteiger partial charge in [0.1, 0.15) is 11.8 Å². The molecular weight excluding hydrogens is 612 g/mol. The van der Waals surface area contributed by atoms with Crippen molar-refractivity contribution >= 4 is 23.3 Å². The third-order valence-electron chi connectivity index (χ3n) is 8.68. The SMILES string of the molecule is CCCCCCCCCCCCOC(=O)[C@H](C)NC(=O)c1ccc(N=Nc2ccc(OCCCCCCCCCC[N+](C)(C)C)cc2)cc1. The molecule has 0 radical (unpaired) electrons. The molecule has 8 nitrogen and oxygen atoms in total. The fourth-order valence-electron chi connectivity index (χ4n) is 5.57. The topological polar surface area (TPSA) is 89.3 Å². The average Bonchev–Trinajstić information content (AvgIpc) is 3.08. The summed E-state index contributed by atoms with van der Waals surface area (Å²) in [5.74, 6) is 0.0985. The van der Waals surface area contributed by atoms with Crippen LogP contribution in [0.15, 0.2) is 58.8 Å². The molecule has 0 aromatic heterocycles. The Labute approximate surface area is 298 Å². The fraction of sp³-hybridized carbons (Fsp3) is 0.659. The number of hydrogen-bond donors (Lipinski definition) is 1. The van der Waals surface area contributed by atoms with Crippen LogP contribution >= 0.6 is 0 Å². The number of ether oxygens (including phenoxy) is 2. The zero-order chi connectivity index (χ0) is 35.6. The predicted molar refractivity (Wildman–Crippen MR) is 202 cm³/mol. The van der Waals surface area contributed by atoms with E-state index in [1.54, 1.807) is 31.2 Å². The Morgan fingerprint density at radius 2 is 1.08 bits per heavy atom. The smallest absolute Gasteiger partial charge is 0.328 e. The molecule has 0 spiro atoms. The van der Waals surface area contributed by atoms with E-state index in [1.165, 1.54) is 103 Å². The Morgan fingerprint density at radius 1 is 0.633 bits per heavy atom. The van der Waals surface area contributed by atoms with Gasteiger partial charge in [-0.05, 0) is 81.1 Å². The van der Waals surface area contributed by atoms with Gasteiger partial charge >= 0.3 is 5.97 Å². The Bertz CT molecular complexity index is 1180. The van der Waals surface area contributed by atoms with Crippen LogP contribution in [-0.2, 0) is 9.53 Å². The van der Waals surface area contributed by atoms with Gasteiger partial charge in [0, 0.05) is 5.56 Å². The van der Waals surface area contributed by atoms with Crippen LogP contribution in [0.1, 0.15) is 140 Å². The van der Waals surface area contributed by atoms with Gasteiger partial charge in [0.2, 0.25) is 0 Å². The van der Waals surface area contributed by atoms with Crippen molar-refractivity contribution in [1.29, 1.82) is 0 Å². The molecule has 0 heterocycles. The molecule has 0 unspecified atom stereocenters. The number of esters is 1. The first-order valence-electron chi connectivity index (χ1n) is 19.2. The quantitative estimate of drug-likeness (QED) is 0.0419. The standard InChI is InChI=1S/C41H66N4O4/c1-6-7-8-9-10-11-13-17-20-23-34-49-41(47)35(2)42-40(46)36-24-26-37(27-25-36)43-44-38-28-30-39(31-29-38)48-33-22-19-16-14-12-15-18-21-32-45(3,4)5/h24-31,35H,6-23,32-34H2,1-5H3/p+1/t35-/m0/s1. The van der Waals surface area contributed by atoms with Gasteiger partial charge in [-0.25, -0.2) is 4.79 Å². The van der Waals surface area contributed by atoms with Gasteiger partial charge < -0.3 is 19.3 Å². The first-order chi connectivity index (χ1) is 23.7. The summed E-state index contributed by atoms with van der Waals surface area (Å²) < 4.78 is 12.3. The first kappa shape index (κ1) is 41.9. The lowest BCUT2D eigenvalue weighted by atomic mass is 10.1. The molecular formula is C41H67N4O4+. The number of carbonyl (C=O) groups excluding carboxylic acids is 2. The molecule has 0 bridgehead atoms. The zero-order valence-corrected chi connectivity index (χ0v) is 31.5. The van der Waals surface area contributed by atoms with Crippen LogP contribution in [0.5, 0.6) is 5.75 Å². The van der Waals surface area contributed by atoms with Crippen molar-refractivity contribution in [1.82, 2.24) is 5.32 Å². The largest absolute Gasteiger partial charge is 0.494 e. The molecule has 0 saturated heterocycles. The Balaban J connectivity index is 1.57. The van der Waals surface area contributed by atoms with Crippen LogP contribution in [0.2, 0.25) is 0 Å². The lowest BCUT2D eigenvalue weighted by Crippen LogP contribution is -2.39. The molecule has 0 aliphatic rings. The summed E-state index contributed by atoms with van der Waals surface area (Å²) in [6.45, 7) is 6.27. The molecule has 8 heteroatoms. The maximum atomic E-state index is 12.7. The number of quaternary nitrogens is 1. The average molecular weight is 680 g/mol. The molecule has 0 fully saturated rings. The van der Waals surface area contributed by atoms with E-state index in [0.717, 1.165) is 41.8 Å². The Kier molecular flexibility index (Phi) is 22.0. The van der Waals surface area contributed by atoms with Crippen molar-refractivity contribution in [3.63, 3.8) is 0 Å². The van der Waals surface area contributed by atoms with Crippen LogP contribution in [0.25, 0.3) is 0 Å². The van der Waals surface area contributed by atoms with Crippen LogP contribution in [0.4, 0.5) is 11.4 Å². The van der Waals surface area contributed by atoms with E-state index in [0.29, 0.717) is 17.9 Å². The fourth-order valence-corrected chi connectivity index (χ4v) is 5.57. The highest BCUT2D eigenvalue weighted by Crippen LogP contribution is 2.22. The van der Waals surface area contributed by atoms with Crippen LogP contribution < -0.4 is 10.1 Å². The number of amides is 1. The number of nitrogens with zero attached hydrogens (tertiary/aromatic N) is 3. The van der Waals surface area contributed by atoms with Crippen LogP contribution in [0, 0.1) is 0 Å². The van der Waals surface area contributed by atoms with Crippen molar-refractivity contribution < 1.29 is 23.5 Å². The maximum absolute atomic E-state index is 12.7. The summed E-state index contributed by atoms with van der Waals surface area (Å²) in [7, 11) is 6.79. The second-order valence-corrected chi connectivity index (χ2v) is 14.5. The molecule has 0 saturated carbocycles. The molecule has 274 valence electrons. The first-order valence-corrected chi connectivity index (χ1v) is 19.2. The summed E-state index contributed by atoms with van der Waals surface area (Å²) in [4.78, 5) is 25.0. The number of rotatable bonds is 28. The van der Waals surface area contributed by atoms with Crippen molar-refractivity contribution in [2.24, 2.45) is 10.2 Å². The highest BCUT2D eigenvalue weighted by Gasteiger charge is 2.18. The van der Waals surface area contributed by atoms with Crippen LogP contribution in [-0.4, -0.2) is 63.3 Å².